The van der Waals surface area contributed by atoms with Crippen LogP contribution in [-0.4, -0.2) is 35.0 Å². The van der Waals surface area contributed by atoms with Crippen molar-refractivity contribution >= 4 is 39.3 Å². The van der Waals surface area contributed by atoms with E-state index in [1.807, 2.05) is 0 Å². The summed E-state index contributed by atoms with van der Waals surface area (Å²) < 4.78 is 19.9. The zero-order valence-corrected chi connectivity index (χ0v) is 13.5. The lowest BCUT2D eigenvalue weighted by Crippen LogP contribution is -2.21. The first-order valence-corrected chi connectivity index (χ1v) is 7.48. The number of carboxylic acids is 1. The summed E-state index contributed by atoms with van der Waals surface area (Å²) in [7, 11) is 1.23. The molecular weight excluding hydrogens is 347 g/mol. The van der Waals surface area contributed by atoms with Gasteiger partial charge in [0.15, 0.2) is 6.17 Å². The Hall–Kier alpha value is -3.49. The Labute approximate surface area is 145 Å². The molecule has 134 valence electrons. The Morgan fingerprint density at radius 1 is 1.31 bits per heavy atom. The number of furan rings is 1. The number of aliphatic carboxylic acids is 1. The number of hydrogen-bond acceptors (Lipinski definition) is 6. The van der Waals surface area contributed by atoms with E-state index < -0.39 is 23.5 Å². The van der Waals surface area contributed by atoms with Crippen molar-refractivity contribution in [2.45, 2.75) is 12.6 Å². The van der Waals surface area contributed by atoms with Crippen molar-refractivity contribution in [1.29, 1.82) is 0 Å². The fourth-order valence-electron chi connectivity index (χ4n) is 2.68. The zero-order chi connectivity index (χ0) is 18.8. The van der Waals surface area contributed by atoms with Gasteiger partial charge in [-0.25, -0.2) is 4.39 Å². The smallest absolute Gasteiger partial charge is 0.306 e. The molecule has 0 spiro atoms. The molecule has 1 heterocycles. The lowest BCUT2D eigenvalue weighted by atomic mass is 10.0. The average Bonchev–Trinajstić information content (AvgIpc) is 2.95. The molecule has 3 rings (SSSR count). The first kappa shape index (κ1) is 17.3. The number of hydrogen-bond donors (Lipinski definition) is 1. The van der Waals surface area contributed by atoms with Crippen molar-refractivity contribution in [2.24, 2.45) is 5.16 Å². The standard InChI is InChI=1S/C17H13FN2O6/c1-25-19-17(13(18)8-16(21)22)9-2-5-14-12(6-9)11-4-3-10(20(23)24)7-15(11)26-14/h2-7,13H,8H2,1H3,(H,21,22). The minimum Gasteiger partial charge on any atom is -0.481 e. The summed E-state index contributed by atoms with van der Waals surface area (Å²) in [6, 6.07) is 8.86. The van der Waals surface area contributed by atoms with Crippen LogP contribution in [0.2, 0.25) is 0 Å². The van der Waals surface area contributed by atoms with E-state index in [1.165, 1.54) is 25.3 Å². The molecule has 2 aromatic carbocycles. The van der Waals surface area contributed by atoms with Crippen LogP contribution in [0.15, 0.2) is 46.0 Å². The van der Waals surface area contributed by atoms with Crippen molar-refractivity contribution in [2.75, 3.05) is 7.11 Å². The van der Waals surface area contributed by atoms with Crippen molar-refractivity contribution in [1.82, 2.24) is 0 Å². The number of halogens is 1. The van der Waals surface area contributed by atoms with Gasteiger partial charge in [-0.3, -0.25) is 14.9 Å². The number of fused-ring (bicyclic) bond motifs is 3. The van der Waals surface area contributed by atoms with Gasteiger partial charge < -0.3 is 14.4 Å². The third-order valence-corrected chi connectivity index (χ3v) is 3.80. The summed E-state index contributed by atoms with van der Waals surface area (Å²) in [5, 5.41) is 24.5. The van der Waals surface area contributed by atoms with Crippen LogP contribution in [-0.2, 0) is 9.63 Å². The topological polar surface area (TPSA) is 115 Å². The Morgan fingerprint density at radius 3 is 2.73 bits per heavy atom. The van der Waals surface area contributed by atoms with Gasteiger partial charge in [-0.1, -0.05) is 5.16 Å². The Bertz CT molecular complexity index is 1040. The Morgan fingerprint density at radius 2 is 2.08 bits per heavy atom. The van der Waals surface area contributed by atoms with Gasteiger partial charge in [0.25, 0.3) is 5.69 Å². The number of benzene rings is 2. The van der Waals surface area contributed by atoms with Crippen LogP contribution < -0.4 is 0 Å². The number of rotatable bonds is 6. The third-order valence-electron chi connectivity index (χ3n) is 3.80. The van der Waals surface area contributed by atoms with Gasteiger partial charge in [0.1, 0.15) is 24.0 Å². The minimum atomic E-state index is -1.86. The van der Waals surface area contributed by atoms with Gasteiger partial charge in [-0.2, -0.15) is 0 Å². The van der Waals surface area contributed by atoms with Gasteiger partial charge in [0, 0.05) is 22.4 Å². The number of alkyl halides is 1. The molecule has 8 nitrogen and oxygen atoms in total. The third kappa shape index (κ3) is 3.18. The molecule has 9 heteroatoms. The fourth-order valence-corrected chi connectivity index (χ4v) is 2.68. The highest BCUT2D eigenvalue weighted by Gasteiger charge is 2.22. The van der Waals surface area contributed by atoms with Crippen molar-refractivity contribution in [3.05, 3.63) is 52.1 Å². The first-order valence-electron chi connectivity index (χ1n) is 7.48. The van der Waals surface area contributed by atoms with Crippen LogP contribution in [0.4, 0.5) is 10.1 Å². The summed E-state index contributed by atoms with van der Waals surface area (Å²) >= 11 is 0. The molecule has 0 fully saturated rings. The zero-order valence-electron chi connectivity index (χ0n) is 13.5. The molecule has 1 unspecified atom stereocenters. The van der Waals surface area contributed by atoms with Gasteiger partial charge >= 0.3 is 5.97 Å². The van der Waals surface area contributed by atoms with Crippen LogP contribution in [0.5, 0.6) is 0 Å². The van der Waals surface area contributed by atoms with Crippen LogP contribution in [0.25, 0.3) is 21.9 Å². The van der Waals surface area contributed by atoms with Crippen LogP contribution in [0.1, 0.15) is 12.0 Å². The molecule has 0 saturated carbocycles. The lowest BCUT2D eigenvalue weighted by Gasteiger charge is -2.09. The number of oxime groups is 1. The highest BCUT2D eigenvalue weighted by Crippen LogP contribution is 2.32. The number of nitro benzene ring substituents is 1. The SMILES string of the molecule is CON=C(c1ccc2oc3cc([N+](=O)[O-])ccc3c2c1)C(F)CC(=O)O. The second kappa shape index (κ2) is 6.79. The van der Waals surface area contributed by atoms with E-state index in [9.17, 15) is 19.3 Å². The first-order chi connectivity index (χ1) is 12.4. The molecular formula is C17H13FN2O6. The molecule has 3 aromatic rings. The van der Waals surface area contributed by atoms with Crippen molar-refractivity contribution in [3.8, 4) is 0 Å². The molecule has 1 aromatic heterocycles. The van der Waals surface area contributed by atoms with Gasteiger partial charge in [-0.15, -0.1) is 0 Å². The maximum absolute atomic E-state index is 14.3. The van der Waals surface area contributed by atoms with E-state index in [1.54, 1.807) is 18.2 Å². The molecule has 0 aliphatic heterocycles. The van der Waals surface area contributed by atoms with E-state index in [0.29, 0.717) is 27.5 Å². The molecule has 0 bridgehead atoms. The number of carbonyl (C=O) groups is 1. The van der Waals surface area contributed by atoms with E-state index in [4.69, 9.17) is 9.52 Å². The van der Waals surface area contributed by atoms with E-state index in [-0.39, 0.29) is 11.4 Å². The average molecular weight is 360 g/mol. The molecule has 26 heavy (non-hydrogen) atoms. The van der Waals surface area contributed by atoms with Gasteiger partial charge in [-0.05, 0) is 24.3 Å². The quantitative estimate of drug-likeness (QED) is 0.407. The van der Waals surface area contributed by atoms with Crippen LogP contribution in [0.3, 0.4) is 0 Å². The predicted molar refractivity (Wildman–Crippen MR) is 91.1 cm³/mol. The summed E-state index contributed by atoms with van der Waals surface area (Å²) in [6.45, 7) is 0. The highest BCUT2D eigenvalue weighted by molar-refractivity contribution is 6.11. The van der Waals surface area contributed by atoms with Crippen molar-refractivity contribution < 1.29 is 28.5 Å². The van der Waals surface area contributed by atoms with E-state index in [2.05, 4.69) is 9.99 Å². The van der Waals surface area contributed by atoms with Crippen molar-refractivity contribution in [3.63, 3.8) is 0 Å². The lowest BCUT2D eigenvalue weighted by molar-refractivity contribution is -0.384. The molecule has 0 radical (unpaired) electrons. The summed E-state index contributed by atoms with van der Waals surface area (Å²) in [5.41, 5.74) is 0.833. The van der Waals surface area contributed by atoms with Crippen LogP contribution in [0, 0.1) is 10.1 Å². The molecule has 1 N–H and O–H groups in total. The summed E-state index contributed by atoms with van der Waals surface area (Å²) in [6.07, 6.45) is -2.61. The fraction of sp³-hybridized carbons (Fsp3) is 0.176. The number of nitro groups is 1. The normalized spacial score (nSPS) is 13.1. The second-order valence-electron chi connectivity index (χ2n) is 5.48. The molecule has 0 saturated heterocycles. The van der Waals surface area contributed by atoms with Gasteiger partial charge in [0.2, 0.25) is 0 Å². The van der Waals surface area contributed by atoms with Gasteiger partial charge in [0.05, 0.1) is 17.4 Å². The minimum absolute atomic E-state index is 0.108. The Balaban J connectivity index is 2.12. The number of nitrogens with zero attached hydrogens (tertiary/aromatic N) is 2. The predicted octanol–water partition coefficient (Wildman–Crippen LogP) is 3.66. The van der Waals surface area contributed by atoms with E-state index >= 15 is 0 Å². The van der Waals surface area contributed by atoms with Crippen LogP contribution >= 0.6 is 0 Å². The maximum atomic E-state index is 14.3. The molecule has 1 atom stereocenters. The number of non-ortho nitro benzene ring substituents is 1. The summed E-state index contributed by atoms with van der Waals surface area (Å²) in [5.74, 6) is -1.30. The second-order valence-corrected chi connectivity index (χ2v) is 5.48. The molecule has 0 amide bonds. The number of carboxylic acid groups (broad SMARTS) is 1. The Kier molecular flexibility index (Phi) is 4.53. The molecule has 0 aliphatic rings. The maximum Gasteiger partial charge on any atom is 0.306 e. The largest absolute Gasteiger partial charge is 0.481 e. The molecule has 0 aliphatic carbocycles. The monoisotopic (exact) mass is 360 g/mol. The highest BCUT2D eigenvalue weighted by atomic mass is 19.1. The summed E-state index contributed by atoms with van der Waals surface area (Å²) in [4.78, 5) is 25.8. The van der Waals surface area contributed by atoms with E-state index in [0.717, 1.165) is 0 Å².